The lowest BCUT2D eigenvalue weighted by atomic mass is 10.0. The Hall–Kier alpha value is -2.43. The molecule has 0 bridgehead atoms. The monoisotopic (exact) mass is 321 g/mol. The topological polar surface area (TPSA) is 57.7 Å². The first-order valence-corrected chi connectivity index (χ1v) is 8.69. The van der Waals surface area contributed by atoms with E-state index in [1.165, 1.54) is 42.4 Å². The van der Waals surface area contributed by atoms with Crippen molar-refractivity contribution in [2.75, 3.05) is 4.90 Å². The van der Waals surface area contributed by atoms with Crippen LogP contribution in [0.4, 0.5) is 5.82 Å². The van der Waals surface area contributed by atoms with Crippen LogP contribution in [0.15, 0.2) is 30.7 Å². The van der Waals surface area contributed by atoms with E-state index in [2.05, 4.69) is 57.1 Å². The Morgan fingerprint density at radius 2 is 2.00 bits per heavy atom. The van der Waals surface area contributed by atoms with Gasteiger partial charge in [-0.25, -0.2) is 9.97 Å². The van der Waals surface area contributed by atoms with Gasteiger partial charge < -0.3 is 4.90 Å². The van der Waals surface area contributed by atoms with Crippen molar-refractivity contribution in [2.45, 2.75) is 52.1 Å². The van der Waals surface area contributed by atoms with E-state index in [0.29, 0.717) is 6.04 Å². The molecule has 0 radical (unpaired) electrons. The molecule has 5 heteroatoms. The standard InChI is InChI=1S/C19H23N5/c1-13-7-8-14(2)15(9-13)11-24(16-5-3-4-6-16)19-17-10-22-23-18(17)20-12-21-19/h7-10,12,16H,3-6,11H2,1-2H3,(H,20,21,22,23). The van der Waals surface area contributed by atoms with Crippen molar-refractivity contribution in [3.05, 3.63) is 47.4 Å². The SMILES string of the molecule is Cc1ccc(C)c(CN(c2ncnc3[nH]ncc23)C2CCCC2)c1. The quantitative estimate of drug-likeness (QED) is 0.791. The Kier molecular flexibility index (Phi) is 3.92. The van der Waals surface area contributed by atoms with Crippen molar-refractivity contribution in [3.63, 3.8) is 0 Å². The summed E-state index contributed by atoms with van der Waals surface area (Å²) in [6, 6.07) is 7.23. The summed E-state index contributed by atoms with van der Waals surface area (Å²) in [5, 5.41) is 8.13. The van der Waals surface area contributed by atoms with Crippen LogP contribution < -0.4 is 4.90 Å². The summed E-state index contributed by atoms with van der Waals surface area (Å²) in [4.78, 5) is 11.4. The molecule has 1 aliphatic rings. The van der Waals surface area contributed by atoms with Gasteiger partial charge in [0.15, 0.2) is 5.65 Å². The van der Waals surface area contributed by atoms with E-state index in [9.17, 15) is 0 Å². The third kappa shape index (κ3) is 2.75. The molecule has 3 aromatic rings. The highest BCUT2D eigenvalue weighted by Crippen LogP contribution is 2.32. The summed E-state index contributed by atoms with van der Waals surface area (Å²) in [5.41, 5.74) is 4.82. The number of nitrogens with zero attached hydrogens (tertiary/aromatic N) is 4. The third-order valence-electron chi connectivity index (χ3n) is 5.11. The second kappa shape index (κ2) is 6.23. The average Bonchev–Trinajstić information content (AvgIpc) is 3.26. The van der Waals surface area contributed by atoms with Crippen LogP contribution in [0.2, 0.25) is 0 Å². The number of aromatic nitrogens is 4. The summed E-state index contributed by atoms with van der Waals surface area (Å²) in [5.74, 6) is 1.00. The fraction of sp³-hybridized carbons (Fsp3) is 0.421. The number of nitrogens with one attached hydrogen (secondary N) is 1. The molecule has 1 aliphatic carbocycles. The van der Waals surface area contributed by atoms with Crippen molar-refractivity contribution in [1.29, 1.82) is 0 Å². The number of rotatable bonds is 4. The minimum absolute atomic E-state index is 0.540. The van der Waals surface area contributed by atoms with Crippen LogP contribution in [0, 0.1) is 13.8 Å². The molecule has 0 amide bonds. The molecule has 1 saturated carbocycles. The van der Waals surface area contributed by atoms with E-state index >= 15 is 0 Å². The molecule has 4 rings (SSSR count). The van der Waals surface area contributed by atoms with Crippen LogP contribution in [0.5, 0.6) is 0 Å². The predicted octanol–water partition coefficient (Wildman–Crippen LogP) is 3.92. The van der Waals surface area contributed by atoms with Crippen LogP contribution in [-0.2, 0) is 6.54 Å². The van der Waals surface area contributed by atoms with Gasteiger partial charge in [0.05, 0.1) is 11.6 Å². The molecule has 0 saturated heterocycles. The number of hydrogen-bond acceptors (Lipinski definition) is 4. The van der Waals surface area contributed by atoms with Gasteiger partial charge in [-0.3, -0.25) is 5.10 Å². The molecule has 1 aromatic carbocycles. The lowest BCUT2D eigenvalue weighted by molar-refractivity contribution is 0.598. The first-order valence-electron chi connectivity index (χ1n) is 8.69. The van der Waals surface area contributed by atoms with Gasteiger partial charge in [-0.15, -0.1) is 0 Å². The highest BCUT2D eigenvalue weighted by molar-refractivity contribution is 5.86. The van der Waals surface area contributed by atoms with Gasteiger partial charge in [0, 0.05) is 12.6 Å². The molecule has 1 N–H and O–H groups in total. The van der Waals surface area contributed by atoms with Crippen molar-refractivity contribution < 1.29 is 0 Å². The van der Waals surface area contributed by atoms with Crippen LogP contribution in [-0.4, -0.2) is 26.2 Å². The normalized spacial score (nSPS) is 15.2. The van der Waals surface area contributed by atoms with E-state index in [4.69, 9.17) is 0 Å². The molecule has 0 spiro atoms. The average molecular weight is 321 g/mol. The van der Waals surface area contributed by atoms with E-state index in [1.807, 2.05) is 6.20 Å². The van der Waals surface area contributed by atoms with Crippen molar-refractivity contribution in [1.82, 2.24) is 20.2 Å². The lowest BCUT2D eigenvalue weighted by Crippen LogP contribution is -2.33. The van der Waals surface area contributed by atoms with Crippen molar-refractivity contribution in [2.24, 2.45) is 0 Å². The predicted molar refractivity (Wildman–Crippen MR) is 96.0 cm³/mol. The van der Waals surface area contributed by atoms with Crippen LogP contribution in [0.1, 0.15) is 42.4 Å². The molecule has 2 aromatic heterocycles. The summed E-state index contributed by atoms with van der Waals surface area (Å²) in [6.45, 7) is 5.23. The Morgan fingerprint density at radius 1 is 1.17 bits per heavy atom. The van der Waals surface area contributed by atoms with E-state index < -0.39 is 0 Å². The van der Waals surface area contributed by atoms with Gasteiger partial charge in [0.1, 0.15) is 12.1 Å². The number of H-pyrrole nitrogens is 1. The molecule has 0 atom stereocenters. The first kappa shape index (κ1) is 15.1. The van der Waals surface area contributed by atoms with Gasteiger partial charge in [-0.05, 0) is 37.8 Å². The van der Waals surface area contributed by atoms with E-state index in [-0.39, 0.29) is 0 Å². The third-order valence-corrected chi connectivity index (χ3v) is 5.11. The molecule has 5 nitrogen and oxygen atoms in total. The number of aryl methyl sites for hydroxylation is 2. The maximum Gasteiger partial charge on any atom is 0.160 e. The second-order valence-corrected chi connectivity index (χ2v) is 6.83. The Labute approximate surface area is 142 Å². The smallest absolute Gasteiger partial charge is 0.160 e. The number of anilines is 1. The van der Waals surface area contributed by atoms with E-state index in [1.54, 1.807) is 6.33 Å². The Morgan fingerprint density at radius 3 is 2.83 bits per heavy atom. The zero-order valence-corrected chi connectivity index (χ0v) is 14.3. The van der Waals surface area contributed by atoms with Gasteiger partial charge in [0.2, 0.25) is 0 Å². The van der Waals surface area contributed by atoms with Crippen molar-refractivity contribution in [3.8, 4) is 0 Å². The number of aromatic amines is 1. The largest absolute Gasteiger partial charge is 0.349 e. The zero-order chi connectivity index (χ0) is 16.5. The summed E-state index contributed by atoms with van der Waals surface area (Å²) >= 11 is 0. The molecular weight excluding hydrogens is 298 g/mol. The van der Waals surface area contributed by atoms with Gasteiger partial charge in [-0.1, -0.05) is 36.6 Å². The Balaban J connectivity index is 1.77. The minimum atomic E-state index is 0.540. The number of benzene rings is 1. The molecule has 2 heterocycles. The molecule has 124 valence electrons. The zero-order valence-electron chi connectivity index (χ0n) is 14.3. The minimum Gasteiger partial charge on any atom is -0.349 e. The van der Waals surface area contributed by atoms with Crippen LogP contribution in [0.3, 0.4) is 0 Å². The summed E-state index contributed by atoms with van der Waals surface area (Å²) < 4.78 is 0. The maximum absolute atomic E-state index is 4.63. The van der Waals surface area contributed by atoms with Crippen LogP contribution >= 0.6 is 0 Å². The van der Waals surface area contributed by atoms with E-state index in [0.717, 1.165) is 23.4 Å². The number of hydrogen-bond donors (Lipinski definition) is 1. The fourth-order valence-corrected chi connectivity index (χ4v) is 3.73. The molecular formula is C19H23N5. The number of fused-ring (bicyclic) bond motifs is 1. The van der Waals surface area contributed by atoms with Crippen LogP contribution in [0.25, 0.3) is 11.0 Å². The van der Waals surface area contributed by atoms with Crippen molar-refractivity contribution >= 4 is 16.9 Å². The molecule has 24 heavy (non-hydrogen) atoms. The summed E-state index contributed by atoms with van der Waals surface area (Å²) in [7, 11) is 0. The molecule has 0 aliphatic heterocycles. The maximum atomic E-state index is 4.63. The van der Waals surface area contributed by atoms with Gasteiger partial charge in [-0.2, -0.15) is 5.10 Å². The Bertz CT molecular complexity index is 848. The van der Waals surface area contributed by atoms with Gasteiger partial charge in [0.25, 0.3) is 0 Å². The first-order chi connectivity index (χ1) is 11.7. The highest BCUT2D eigenvalue weighted by atomic mass is 15.2. The molecule has 0 unspecified atom stereocenters. The fourth-order valence-electron chi connectivity index (χ4n) is 3.73. The summed E-state index contributed by atoms with van der Waals surface area (Å²) in [6.07, 6.45) is 8.54. The second-order valence-electron chi connectivity index (χ2n) is 6.83. The van der Waals surface area contributed by atoms with Gasteiger partial charge >= 0.3 is 0 Å². The lowest BCUT2D eigenvalue weighted by Gasteiger charge is -2.31. The molecule has 1 fully saturated rings. The highest BCUT2D eigenvalue weighted by Gasteiger charge is 2.26.